The highest BCUT2D eigenvalue weighted by molar-refractivity contribution is 5.80. The summed E-state index contributed by atoms with van der Waals surface area (Å²) < 4.78 is 5.95. The van der Waals surface area contributed by atoms with Crippen molar-refractivity contribution in [2.24, 2.45) is 10.9 Å². The lowest BCUT2D eigenvalue weighted by atomic mass is 9.93. The van der Waals surface area contributed by atoms with Gasteiger partial charge >= 0.3 is 0 Å². The van der Waals surface area contributed by atoms with E-state index in [0.717, 1.165) is 55.3 Å². The summed E-state index contributed by atoms with van der Waals surface area (Å²) in [6, 6.07) is 18.3. The van der Waals surface area contributed by atoms with Crippen LogP contribution in [-0.4, -0.2) is 43.4 Å². The summed E-state index contributed by atoms with van der Waals surface area (Å²) in [7, 11) is 1.70. The number of ether oxygens (including phenoxy) is 1. The Hall–Kier alpha value is -3.02. The summed E-state index contributed by atoms with van der Waals surface area (Å²) in [5.74, 6) is 2.39. The van der Waals surface area contributed by atoms with Crippen molar-refractivity contribution < 1.29 is 9.53 Å². The van der Waals surface area contributed by atoms with Crippen molar-refractivity contribution in [2.45, 2.75) is 39.3 Å². The van der Waals surface area contributed by atoms with Gasteiger partial charge in [-0.3, -0.25) is 4.79 Å². The van der Waals surface area contributed by atoms with Gasteiger partial charge in [0.05, 0.1) is 6.54 Å². The van der Waals surface area contributed by atoms with E-state index in [0.29, 0.717) is 25.5 Å². The van der Waals surface area contributed by atoms with E-state index in [2.05, 4.69) is 46.7 Å². The lowest BCUT2D eigenvalue weighted by Gasteiger charge is -2.34. The first-order valence-electron chi connectivity index (χ1n) is 11.2. The first-order valence-corrected chi connectivity index (χ1v) is 11.2. The topological polar surface area (TPSA) is 66.0 Å². The number of nitrogens with one attached hydrogen (secondary N) is 2. The quantitative estimate of drug-likeness (QED) is 0.504. The van der Waals surface area contributed by atoms with Gasteiger partial charge in [-0.25, -0.2) is 4.99 Å². The summed E-state index contributed by atoms with van der Waals surface area (Å²) in [4.78, 5) is 18.8. The largest absolute Gasteiger partial charge is 0.489 e. The fourth-order valence-electron chi connectivity index (χ4n) is 3.78. The molecule has 0 radical (unpaired) electrons. The van der Waals surface area contributed by atoms with E-state index >= 15 is 0 Å². The highest BCUT2D eigenvalue weighted by Gasteiger charge is 2.23. The SMILES string of the molecule is CCNC(=NCc1cccc(OCc2ccccc2)c1)N1CCC(CC(=O)NC)CC1. The molecule has 1 saturated heterocycles. The summed E-state index contributed by atoms with van der Waals surface area (Å²) in [5.41, 5.74) is 2.27. The zero-order chi connectivity index (χ0) is 21.9. The maximum atomic E-state index is 11.6. The number of carbonyl (C=O) groups excluding carboxylic acids is 1. The van der Waals surface area contributed by atoms with Crippen LogP contribution < -0.4 is 15.4 Å². The second kappa shape index (κ2) is 12.0. The molecule has 1 fully saturated rings. The van der Waals surface area contributed by atoms with Crippen molar-refractivity contribution in [1.82, 2.24) is 15.5 Å². The molecule has 2 aromatic rings. The van der Waals surface area contributed by atoms with Gasteiger partial charge in [-0.2, -0.15) is 0 Å². The maximum Gasteiger partial charge on any atom is 0.220 e. The van der Waals surface area contributed by atoms with Gasteiger partial charge in [-0.05, 0) is 48.9 Å². The van der Waals surface area contributed by atoms with Crippen LogP contribution in [0.2, 0.25) is 0 Å². The van der Waals surface area contributed by atoms with Crippen LogP contribution in [0.4, 0.5) is 0 Å². The number of benzene rings is 2. The minimum Gasteiger partial charge on any atom is -0.489 e. The van der Waals surface area contributed by atoms with Crippen molar-refractivity contribution >= 4 is 11.9 Å². The Morgan fingerprint density at radius 2 is 1.84 bits per heavy atom. The van der Waals surface area contributed by atoms with E-state index in [9.17, 15) is 4.79 Å². The van der Waals surface area contributed by atoms with Gasteiger partial charge < -0.3 is 20.3 Å². The Morgan fingerprint density at radius 1 is 1.10 bits per heavy atom. The Bertz CT molecular complexity index is 846. The van der Waals surface area contributed by atoms with Crippen molar-refractivity contribution in [3.8, 4) is 5.75 Å². The van der Waals surface area contributed by atoms with E-state index in [1.165, 1.54) is 0 Å². The normalized spacial score (nSPS) is 14.9. The van der Waals surface area contributed by atoms with Crippen molar-refractivity contribution in [3.63, 3.8) is 0 Å². The summed E-state index contributed by atoms with van der Waals surface area (Å²) >= 11 is 0. The van der Waals surface area contributed by atoms with E-state index < -0.39 is 0 Å². The average molecular weight is 423 g/mol. The second-order valence-corrected chi connectivity index (χ2v) is 7.90. The molecule has 2 aromatic carbocycles. The number of amides is 1. The number of guanidine groups is 1. The average Bonchev–Trinajstić information content (AvgIpc) is 2.82. The Labute approximate surface area is 185 Å². The van der Waals surface area contributed by atoms with Crippen molar-refractivity contribution in [3.05, 3.63) is 65.7 Å². The molecule has 6 nitrogen and oxygen atoms in total. The molecule has 1 aliphatic rings. The Balaban J connectivity index is 1.56. The molecule has 3 rings (SSSR count). The number of likely N-dealkylation sites (tertiary alicyclic amines) is 1. The smallest absolute Gasteiger partial charge is 0.220 e. The van der Waals surface area contributed by atoms with Crippen LogP contribution in [-0.2, 0) is 17.9 Å². The number of aliphatic imine (C=N–C) groups is 1. The molecule has 0 bridgehead atoms. The van der Waals surface area contributed by atoms with Crippen LogP contribution >= 0.6 is 0 Å². The number of hydrogen-bond donors (Lipinski definition) is 2. The summed E-state index contributed by atoms with van der Waals surface area (Å²) in [6.07, 6.45) is 2.65. The third-order valence-corrected chi connectivity index (χ3v) is 5.56. The van der Waals surface area contributed by atoms with Crippen LogP contribution in [0.15, 0.2) is 59.6 Å². The van der Waals surface area contributed by atoms with Gasteiger partial charge in [-0.1, -0.05) is 42.5 Å². The molecular weight excluding hydrogens is 388 g/mol. The third kappa shape index (κ3) is 7.31. The van der Waals surface area contributed by atoms with Gasteiger partial charge in [0.15, 0.2) is 5.96 Å². The molecule has 31 heavy (non-hydrogen) atoms. The predicted octanol–water partition coefficient (Wildman–Crippen LogP) is 3.58. The number of carbonyl (C=O) groups is 1. The first kappa shape index (κ1) is 22.7. The van der Waals surface area contributed by atoms with Gasteiger partial charge in [0, 0.05) is 33.1 Å². The van der Waals surface area contributed by atoms with E-state index in [4.69, 9.17) is 9.73 Å². The lowest BCUT2D eigenvalue weighted by molar-refractivity contribution is -0.121. The maximum absolute atomic E-state index is 11.6. The third-order valence-electron chi connectivity index (χ3n) is 5.56. The van der Waals surface area contributed by atoms with Gasteiger partial charge in [0.1, 0.15) is 12.4 Å². The predicted molar refractivity (Wildman–Crippen MR) is 125 cm³/mol. The highest BCUT2D eigenvalue weighted by Crippen LogP contribution is 2.21. The molecular formula is C25H34N4O2. The molecule has 0 unspecified atom stereocenters. The fourth-order valence-corrected chi connectivity index (χ4v) is 3.78. The van der Waals surface area contributed by atoms with E-state index in [-0.39, 0.29) is 5.91 Å². The van der Waals surface area contributed by atoms with Gasteiger partial charge in [0.25, 0.3) is 0 Å². The molecule has 166 valence electrons. The highest BCUT2D eigenvalue weighted by atomic mass is 16.5. The van der Waals surface area contributed by atoms with E-state index in [1.54, 1.807) is 7.05 Å². The van der Waals surface area contributed by atoms with Gasteiger partial charge in [-0.15, -0.1) is 0 Å². The molecule has 1 aliphatic heterocycles. The standard InChI is InChI=1S/C25H34N4O2/c1-3-27-25(29-14-12-20(13-15-29)17-24(30)26-2)28-18-22-10-7-11-23(16-22)31-19-21-8-5-4-6-9-21/h4-11,16,20H,3,12-15,17-19H2,1-2H3,(H,26,30)(H,27,28). The molecule has 1 amide bonds. The fraction of sp³-hybridized carbons (Fsp3) is 0.440. The molecule has 0 aromatic heterocycles. The van der Waals surface area contributed by atoms with Crippen LogP contribution in [0.3, 0.4) is 0 Å². The van der Waals surface area contributed by atoms with Crippen molar-refractivity contribution in [1.29, 1.82) is 0 Å². The van der Waals surface area contributed by atoms with Crippen molar-refractivity contribution in [2.75, 3.05) is 26.7 Å². The van der Waals surface area contributed by atoms with Crippen LogP contribution in [0.25, 0.3) is 0 Å². The van der Waals surface area contributed by atoms with Gasteiger partial charge in [0.2, 0.25) is 5.91 Å². The van der Waals surface area contributed by atoms with E-state index in [1.807, 2.05) is 30.3 Å². The van der Waals surface area contributed by atoms with Crippen LogP contribution in [0.1, 0.15) is 37.3 Å². The lowest BCUT2D eigenvalue weighted by Crippen LogP contribution is -2.46. The van der Waals surface area contributed by atoms with Crippen LogP contribution in [0.5, 0.6) is 5.75 Å². The number of hydrogen-bond acceptors (Lipinski definition) is 3. The summed E-state index contributed by atoms with van der Waals surface area (Å²) in [5, 5.41) is 6.14. The zero-order valence-electron chi connectivity index (χ0n) is 18.6. The van der Waals surface area contributed by atoms with Crippen LogP contribution in [0, 0.1) is 5.92 Å². The Kier molecular flexibility index (Phi) is 8.76. The minimum atomic E-state index is 0.133. The Morgan fingerprint density at radius 3 is 2.55 bits per heavy atom. The molecule has 0 aliphatic carbocycles. The number of nitrogens with zero attached hydrogens (tertiary/aromatic N) is 2. The molecule has 6 heteroatoms. The second-order valence-electron chi connectivity index (χ2n) is 7.90. The molecule has 0 saturated carbocycles. The molecule has 1 heterocycles. The molecule has 0 spiro atoms. The minimum absolute atomic E-state index is 0.133. The molecule has 2 N–H and O–H groups in total. The molecule has 0 atom stereocenters. The summed E-state index contributed by atoms with van der Waals surface area (Å²) in [6.45, 7) is 5.93. The number of piperidine rings is 1. The number of rotatable bonds is 8. The monoisotopic (exact) mass is 422 g/mol. The zero-order valence-corrected chi connectivity index (χ0v) is 18.6. The first-order chi connectivity index (χ1) is 15.2.